The molecule has 1 heterocycles. The van der Waals surface area contributed by atoms with Gasteiger partial charge < -0.3 is 5.11 Å². The van der Waals surface area contributed by atoms with Crippen LogP contribution >= 0.6 is 23.2 Å². The Hall–Kier alpha value is 0.240. The second-order valence-electron chi connectivity index (χ2n) is 3.48. The summed E-state index contributed by atoms with van der Waals surface area (Å²) in [4.78, 5) is 2.23. The molecule has 1 saturated heterocycles. The predicted octanol–water partition coefficient (Wildman–Crippen LogP) is 2.01. The minimum Gasteiger partial charge on any atom is -0.396 e. The Kier molecular flexibility index (Phi) is 5.10. The van der Waals surface area contributed by atoms with E-state index < -0.39 is 0 Å². The van der Waals surface area contributed by atoms with Gasteiger partial charge in [0.05, 0.1) is 0 Å². The van der Waals surface area contributed by atoms with Crippen LogP contribution in [0.4, 0.5) is 0 Å². The third kappa shape index (κ3) is 3.86. The van der Waals surface area contributed by atoms with Crippen molar-refractivity contribution < 1.29 is 5.11 Å². The van der Waals surface area contributed by atoms with Gasteiger partial charge in [-0.15, -0.1) is 0 Å². The largest absolute Gasteiger partial charge is 0.396 e. The Balaban J connectivity index is 2.34. The number of aliphatic hydroxyl groups excluding tert-OH is 1. The summed E-state index contributed by atoms with van der Waals surface area (Å²) < 4.78 is 0. The van der Waals surface area contributed by atoms with Crippen molar-refractivity contribution in [1.82, 2.24) is 4.90 Å². The highest BCUT2D eigenvalue weighted by Gasteiger charge is 2.19. The Bertz CT molecular complexity index is 184. The highest BCUT2D eigenvalue weighted by atomic mass is 35.5. The van der Waals surface area contributed by atoms with Crippen molar-refractivity contribution in [3.05, 3.63) is 10.6 Å². The number of hydrogen-bond donors (Lipinski definition) is 1. The first-order chi connectivity index (χ1) is 6.26. The van der Waals surface area contributed by atoms with Crippen molar-refractivity contribution in [2.24, 2.45) is 5.92 Å². The minimum absolute atomic E-state index is 0.276. The van der Waals surface area contributed by atoms with E-state index in [1.54, 1.807) is 0 Å². The average molecular weight is 224 g/mol. The molecule has 4 heteroatoms. The number of halogens is 2. The Labute approximate surface area is 89.1 Å². The van der Waals surface area contributed by atoms with Gasteiger partial charge in [0.2, 0.25) is 0 Å². The van der Waals surface area contributed by atoms with Crippen LogP contribution in [0, 0.1) is 5.92 Å². The van der Waals surface area contributed by atoms with Crippen molar-refractivity contribution in [1.29, 1.82) is 0 Å². The molecule has 1 N–H and O–H groups in total. The molecule has 0 radical (unpaired) electrons. The zero-order chi connectivity index (χ0) is 9.68. The summed E-state index contributed by atoms with van der Waals surface area (Å²) in [6.45, 7) is 2.97. The molecule has 0 aromatic heterocycles. The van der Waals surface area contributed by atoms with Crippen molar-refractivity contribution in [3.63, 3.8) is 0 Å². The van der Waals surface area contributed by atoms with Gasteiger partial charge in [-0.25, -0.2) is 0 Å². The van der Waals surface area contributed by atoms with Gasteiger partial charge in [-0.1, -0.05) is 23.2 Å². The van der Waals surface area contributed by atoms with E-state index in [9.17, 15) is 0 Å². The van der Waals surface area contributed by atoms with Gasteiger partial charge >= 0.3 is 0 Å². The predicted molar refractivity (Wildman–Crippen MR) is 56.0 cm³/mol. The number of hydrogen-bond acceptors (Lipinski definition) is 2. The van der Waals surface area contributed by atoms with Crippen LogP contribution in [-0.2, 0) is 0 Å². The summed E-state index contributed by atoms with van der Waals surface area (Å²) in [5.41, 5.74) is 1.41. The fraction of sp³-hybridized carbons (Fsp3) is 0.778. The third-order valence-corrected chi connectivity index (χ3v) is 2.96. The zero-order valence-electron chi connectivity index (χ0n) is 7.55. The molecule has 1 atom stereocenters. The van der Waals surface area contributed by atoms with Crippen LogP contribution in [0.5, 0.6) is 0 Å². The van der Waals surface area contributed by atoms with E-state index in [0.29, 0.717) is 17.5 Å². The first-order valence-electron chi connectivity index (χ1n) is 4.54. The summed E-state index contributed by atoms with van der Waals surface area (Å²) in [6.07, 6.45) is 2.26. The summed E-state index contributed by atoms with van der Waals surface area (Å²) in [6, 6.07) is 0. The molecule has 0 spiro atoms. The maximum absolute atomic E-state index is 9.00. The lowest BCUT2D eigenvalue weighted by atomic mass is 9.99. The third-order valence-electron chi connectivity index (χ3n) is 2.35. The molecule has 76 valence electrons. The van der Waals surface area contributed by atoms with E-state index >= 15 is 0 Å². The van der Waals surface area contributed by atoms with Crippen LogP contribution in [0.1, 0.15) is 12.8 Å². The van der Waals surface area contributed by atoms with Gasteiger partial charge in [-0.05, 0) is 25.3 Å². The van der Waals surface area contributed by atoms with Crippen molar-refractivity contribution in [2.75, 3.05) is 26.2 Å². The van der Waals surface area contributed by atoms with E-state index in [4.69, 9.17) is 28.3 Å². The number of nitrogens with zero attached hydrogens (tertiary/aromatic N) is 1. The number of piperidine rings is 1. The van der Waals surface area contributed by atoms with Gasteiger partial charge in [0, 0.05) is 30.3 Å². The lowest BCUT2D eigenvalue weighted by Crippen LogP contribution is -2.37. The van der Waals surface area contributed by atoms with Crippen molar-refractivity contribution >= 4 is 23.2 Å². The molecule has 1 aliphatic rings. The molecular weight excluding hydrogens is 209 g/mol. The summed E-state index contributed by atoms with van der Waals surface area (Å²) in [7, 11) is 0. The molecule has 13 heavy (non-hydrogen) atoms. The van der Waals surface area contributed by atoms with E-state index in [1.807, 2.05) is 0 Å². The first-order valence-corrected chi connectivity index (χ1v) is 5.35. The van der Waals surface area contributed by atoms with Crippen LogP contribution in [0.25, 0.3) is 0 Å². The summed E-state index contributed by atoms with van der Waals surface area (Å²) >= 11 is 11.3. The van der Waals surface area contributed by atoms with Crippen LogP contribution < -0.4 is 0 Å². The lowest BCUT2D eigenvalue weighted by Gasteiger charge is -2.31. The van der Waals surface area contributed by atoms with E-state index in [-0.39, 0.29) is 6.61 Å². The Morgan fingerprint density at radius 1 is 1.62 bits per heavy atom. The molecule has 1 unspecified atom stereocenters. The van der Waals surface area contributed by atoms with Crippen LogP contribution in [-0.4, -0.2) is 36.2 Å². The van der Waals surface area contributed by atoms with E-state index in [2.05, 4.69) is 4.90 Å². The maximum atomic E-state index is 9.00. The quantitative estimate of drug-likeness (QED) is 0.792. The van der Waals surface area contributed by atoms with Crippen LogP contribution in [0.15, 0.2) is 10.6 Å². The molecule has 0 aliphatic carbocycles. The topological polar surface area (TPSA) is 23.5 Å². The molecule has 0 saturated carbocycles. The highest BCUT2D eigenvalue weighted by Crippen LogP contribution is 2.17. The number of likely N-dealkylation sites (tertiary alicyclic amines) is 1. The number of rotatable bonds is 3. The van der Waals surface area contributed by atoms with Crippen LogP contribution in [0.2, 0.25) is 0 Å². The monoisotopic (exact) mass is 223 g/mol. The molecule has 1 aliphatic heterocycles. The van der Waals surface area contributed by atoms with Crippen molar-refractivity contribution in [3.8, 4) is 0 Å². The molecule has 0 aromatic carbocycles. The standard InChI is InChI=1S/C9H15Cl2NO/c10-4-9(11)6-12-3-1-2-8(5-12)7-13/h4,8,13H,1-3,5-7H2. The SMILES string of the molecule is OCC1CCCN(CC(Cl)=CCl)C1. The summed E-state index contributed by atoms with van der Waals surface area (Å²) in [5, 5.41) is 9.67. The molecule has 0 amide bonds. The van der Waals surface area contributed by atoms with Gasteiger partial charge in [0.25, 0.3) is 0 Å². The minimum atomic E-state index is 0.276. The average Bonchev–Trinajstić information content (AvgIpc) is 2.18. The molecule has 1 fully saturated rings. The molecular formula is C9H15Cl2NO. The van der Waals surface area contributed by atoms with Gasteiger partial charge in [0.1, 0.15) is 0 Å². The molecule has 0 aromatic rings. The normalized spacial score (nSPS) is 26.4. The van der Waals surface area contributed by atoms with Crippen molar-refractivity contribution in [2.45, 2.75) is 12.8 Å². The fourth-order valence-electron chi connectivity index (χ4n) is 1.69. The van der Waals surface area contributed by atoms with Gasteiger partial charge in [-0.2, -0.15) is 0 Å². The van der Waals surface area contributed by atoms with E-state index in [0.717, 1.165) is 25.9 Å². The number of aliphatic hydroxyl groups is 1. The van der Waals surface area contributed by atoms with E-state index in [1.165, 1.54) is 5.54 Å². The second-order valence-corrected chi connectivity index (χ2v) is 4.19. The fourth-order valence-corrected chi connectivity index (χ4v) is 1.93. The Morgan fingerprint density at radius 2 is 2.38 bits per heavy atom. The summed E-state index contributed by atoms with van der Waals surface area (Å²) in [5.74, 6) is 0.411. The van der Waals surface area contributed by atoms with Gasteiger partial charge in [-0.3, -0.25) is 4.90 Å². The maximum Gasteiger partial charge on any atom is 0.0471 e. The van der Waals surface area contributed by atoms with Gasteiger partial charge in [0.15, 0.2) is 0 Å². The second kappa shape index (κ2) is 5.86. The lowest BCUT2D eigenvalue weighted by molar-refractivity contribution is 0.128. The molecule has 2 nitrogen and oxygen atoms in total. The molecule has 1 rings (SSSR count). The zero-order valence-corrected chi connectivity index (χ0v) is 9.06. The van der Waals surface area contributed by atoms with Crippen LogP contribution in [0.3, 0.4) is 0 Å². The highest BCUT2D eigenvalue weighted by molar-refractivity contribution is 6.36. The molecule has 0 bridgehead atoms. The smallest absolute Gasteiger partial charge is 0.0471 e. The first kappa shape index (κ1) is 11.3. The Morgan fingerprint density at radius 3 is 3.00 bits per heavy atom.